The van der Waals surface area contributed by atoms with E-state index in [0.29, 0.717) is 6.04 Å². The maximum absolute atomic E-state index is 5.28. The zero-order chi connectivity index (χ0) is 14.4. The fourth-order valence-corrected chi connectivity index (χ4v) is 2.97. The van der Waals surface area contributed by atoms with Crippen LogP contribution in [0.25, 0.3) is 22.4 Å². The van der Waals surface area contributed by atoms with Crippen LogP contribution in [0.5, 0.6) is 5.75 Å². The number of pyridine rings is 1. The Morgan fingerprint density at radius 3 is 2.86 bits per heavy atom. The van der Waals surface area contributed by atoms with Crippen LogP contribution < -0.4 is 4.74 Å². The molecule has 0 spiro atoms. The van der Waals surface area contributed by atoms with E-state index in [2.05, 4.69) is 37.6 Å². The van der Waals surface area contributed by atoms with Gasteiger partial charge in [0.05, 0.1) is 24.3 Å². The first-order valence-corrected chi connectivity index (χ1v) is 7.72. The SMILES string of the molecule is COc1cncc(-c2nc3ccc(Br)cc3n2C2CC2)c1. The molecule has 0 aliphatic heterocycles. The van der Waals surface area contributed by atoms with Crippen LogP contribution in [-0.2, 0) is 0 Å². The highest BCUT2D eigenvalue weighted by atomic mass is 79.9. The lowest BCUT2D eigenvalue weighted by Gasteiger charge is -2.08. The lowest BCUT2D eigenvalue weighted by atomic mass is 10.2. The molecule has 5 heteroatoms. The van der Waals surface area contributed by atoms with Crippen LogP contribution in [0, 0.1) is 0 Å². The van der Waals surface area contributed by atoms with E-state index in [-0.39, 0.29) is 0 Å². The van der Waals surface area contributed by atoms with Gasteiger partial charge in [-0.25, -0.2) is 4.98 Å². The summed E-state index contributed by atoms with van der Waals surface area (Å²) < 4.78 is 8.68. The molecule has 0 saturated heterocycles. The number of imidazole rings is 1. The zero-order valence-corrected chi connectivity index (χ0v) is 13.2. The van der Waals surface area contributed by atoms with Crippen LogP contribution in [0.3, 0.4) is 0 Å². The van der Waals surface area contributed by atoms with E-state index in [9.17, 15) is 0 Å². The predicted octanol–water partition coefficient (Wildman–Crippen LogP) is 4.20. The summed E-state index contributed by atoms with van der Waals surface area (Å²) in [7, 11) is 1.65. The van der Waals surface area contributed by atoms with Crippen LogP contribution in [-0.4, -0.2) is 21.6 Å². The first kappa shape index (κ1) is 12.8. The Bertz CT molecular complexity index is 824. The van der Waals surface area contributed by atoms with Crippen molar-refractivity contribution < 1.29 is 4.74 Å². The molecular weight excluding hydrogens is 330 g/mol. The average Bonchev–Trinajstić information content (AvgIpc) is 3.28. The minimum Gasteiger partial charge on any atom is -0.495 e. The van der Waals surface area contributed by atoms with Crippen molar-refractivity contribution in [3.8, 4) is 17.1 Å². The normalized spacial score (nSPS) is 14.6. The minimum atomic E-state index is 0.547. The van der Waals surface area contributed by atoms with Crippen molar-refractivity contribution in [1.82, 2.24) is 14.5 Å². The summed E-state index contributed by atoms with van der Waals surface area (Å²) in [5.74, 6) is 1.72. The molecule has 0 N–H and O–H groups in total. The van der Waals surface area contributed by atoms with Crippen molar-refractivity contribution in [1.29, 1.82) is 0 Å². The lowest BCUT2D eigenvalue weighted by molar-refractivity contribution is 0.413. The molecule has 3 aromatic rings. The molecule has 1 fully saturated rings. The number of benzene rings is 1. The third kappa shape index (κ3) is 2.21. The summed E-state index contributed by atoms with van der Waals surface area (Å²) in [6, 6.07) is 8.75. The molecule has 2 heterocycles. The van der Waals surface area contributed by atoms with E-state index in [1.807, 2.05) is 18.3 Å². The highest BCUT2D eigenvalue weighted by Crippen LogP contribution is 2.41. The summed E-state index contributed by atoms with van der Waals surface area (Å²) in [6.07, 6.45) is 5.98. The molecule has 0 radical (unpaired) electrons. The fourth-order valence-electron chi connectivity index (χ4n) is 2.62. The van der Waals surface area contributed by atoms with Crippen molar-refractivity contribution >= 4 is 27.0 Å². The fraction of sp³-hybridized carbons (Fsp3) is 0.250. The van der Waals surface area contributed by atoms with Crippen LogP contribution in [0.4, 0.5) is 0 Å². The predicted molar refractivity (Wildman–Crippen MR) is 85.5 cm³/mol. The molecule has 2 aromatic heterocycles. The van der Waals surface area contributed by atoms with E-state index in [0.717, 1.165) is 27.1 Å². The Morgan fingerprint density at radius 2 is 2.10 bits per heavy atom. The first-order valence-electron chi connectivity index (χ1n) is 6.93. The van der Waals surface area contributed by atoms with Gasteiger partial charge in [0.2, 0.25) is 0 Å². The molecule has 21 heavy (non-hydrogen) atoms. The van der Waals surface area contributed by atoms with E-state index in [1.165, 1.54) is 18.4 Å². The quantitative estimate of drug-likeness (QED) is 0.715. The largest absolute Gasteiger partial charge is 0.495 e. The van der Waals surface area contributed by atoms with Crippen molar-refractivity contribution in [3.05, 3.63) is 41.1 Å². The summed E-state index contributed by atoms with van der Waals surface area (Å²) in [5.41, 5.74) is 3.18. The molecule has 106 valence electrons. The van der Waals surface area contributed by atoms with Crippen LogP contribution in [0.15, 0.2) is 41.1 Å². The molecular formula is C16H14BrN3O. The molecule has 0 bridgehead atoms. The number of methoxy groups -OCH3 is 1. The number of rotatable bonds is 3. The summed E-state index contributed by atoms with van der Waals surface area (Å²) in [4.78, 5) is 9.06. The molecule has 0 unspecified atom stereocenters. The molecule has 4 nitrogen and oxygen atoms in total. The average molecular weight is 344 g/mol. The Balaban J connectivity index is 1.97. The van der Waals surface area contributed by atoms with Crippen molar-refractivity contribution in [2.24, 2.45) is 0 Å². The molecule has 1 aromatic carbocycles. The number of fused-ring (bicyclic) bond motifs is 1. The highest BCUT2D eigenvalue weighted by Gasteiger charge is 2.29. The summed E-state index contributed by atoms with van der Waals surface area (Å²) >= 11 is 3.55. The molecule has 0 atom stereocenters. The van der Waals surface area contributed by atoms with Gasteiger partial charge in [-0.3, -0.25) is 4.98 Å². The number of hydrogen-bond donors (Lipinski definition) is 0. The van der Waals surface area contributed by atoms with Gasteiger partial charge in [0, 0.05) is 22.3 Å². The third-order valence-corrected chi connectivity index (χ3v) is 4.26. The maximum atomic E-state index is 5.28. The highest BCUT2D eigenvalue weighted by molar-refractivity contribution is 9.10. The van der Waals surface area contributed by atoms with E-state index < -0.39 is 0 Å². The van der Waals surface area contributed by atoms with Crippen molar-refractivity contribution in [3.63, 3.8) is 0 Å². The number of halogens is 1. The Morgan fingerprint density at radius 1 is 1.24 bits per heavy atom. The monoisotopic (exact) mass is 343 g/mol. The second-order valence-electron chi connectivity index (χ2n) is 5.28. The topological polar surface area (TPSA) is 39.9 Å². The van der Waals surface area contributed by atoms with Gasteiger partial charge in [-0.15, -0.1) is 0 Å². The Labute approximate surface area is 130 Å². The second-order valence-corrected chi connectivity index (χ2v) is 6.20. The van der Waals surface area contributed by atoms with Gasteiger partial charge < -0.3 is 9.30 Å². The van der Waals surface area contributed by atoms with Crippen LogP contribution in [0.2, 0.25) is 0 Å². The maximum Gasteiger partial charge on any atom is 0.143 e. The Kier molecular flexibility index (Phi) is 2.96. The number of hydrogen-bond acceptors (Lipinski definition) is 3. The molecule has 1 aliphatic rings. The third-order valence-electron chi connectivity index (χ3n) is 3.77. The zero-order valence-electron chi connectivity index (χ0n) is 11.6. The molecule has 0 amide bonds. The van der Waals surface area contributed by atoms with E-state index >= 15 is 0 Å². The van der Waals surface area contributed by atoms with Gasteiger partial charge in [-0.2, -0.15) is 0 Å². The summed E-state index contributed by atoms with van der Waals surface area (Å²) in [6.45, 7) is 0. The smallest absolute Gasteiger partial charge is 0.143 e. The molecule has 1 saturated carbocycles. The van der Waals surface area contributed by atoms with Gasteiger partial charge in [-0.05, 0) is 37.1 Å². The Hall–Kier alpha value is -1.88. The number of ether oxygens (including phenoxy) is 1. The molecule has 4 rings (SSSR count). The van der Waals surface area contributed by atoms with Gasteiger partial charge in [0.1, 0.15) is 11.6 Å². The lowest BCUT2D eigenvalue weighted by Crippen LogP contribution is -1.98. The van der Waals surface area contributed by atoms with Gasteiger partial charge in [0.15, 0.2) is 0 Å². The molecule has 1 aliphatic carbocycles. The first-order chi connectivity index (χ1) is 10.3. The minimum absolute atomic E-state index is 0.547. The van der Waals surface area contributed by atoms with Gasteiger partial charge in [0.25, 0.3) is 0 Å². The van der Waals surface area contributed by atoms with Crippen LogP contribution in [0.1, 0.15) is 18.9 Å². The number of nitrogens with zero attached hydrogens (tertiary/aromatic N) is 3. The van der Waals surface area contributed by atoms with Crippen molar-refractivity contribution in [2.75, 3.05) is 7.11 Å². The summed E-state index contributed by atoms with van der Waals surface area (Å²) in [5, 5.41) is 0. The standard InChI is InChI=1S/C16H14BrN3O/c1-21-13-6-10(8-18-9-13)16-19-14-5-2-11(17)7-15(14)20(16)12-3-4-12/h2,5-9,12H,3-4H2,1H3. The van der Waals surface area contributed by atoms with Gasteiger partial charge >= 0.3 is 0 Å². The van der Waals surface area contributed by atoms with E-state index in [1.54, 1.807) is 13.3 Å². The van der Waals surface area contributed by atoms with Crippen LogP contribution >= 0.6 is 15.9 Å². The second kappa shape index (κ2) is 4.84. The van der Waals surface area contributed by atoms with Gasteiger partial charge in [-0.1, -0.05) is 15.9 Å². The number of aromatic nitrogens is 3. The van der Waals surface area contributed by atoms with Crippen molar-refractivity contribution in [2.45, 2.75) is 18.9 Å². The van der Waals surface area contributed by atoms with E-state index in [4.69, 9.17) is 9.72 Å².